The molecule has 0 spiro atoms. The minimum atomic E-state index is -0.262. The fourth-order valence-corrected chi connectivity index (χ4v) is 0.434. The standard InChI is InChI=1S/C6H13N2O2/c1-5-10-8(4)6(9)7(2)3/h4-5H2,1-3H3. The summed E-state index contributed by atoms with van der Waals surface area (Å²) in [6.07, 6.45) is 0. The Morgan fingerprint density at radius 2 is 2.10 bits per heavy atom. The Morgan fingerprint density at radius 1 is 1.60 bits per heavy atom. The molecule has 0 bridgehead atoms. The van der Waals surface area contributed by atoms with Crippen molar-refractivity contribution in [3.8, 4) is 0 Å². The molecule has 2 amide bonds. The number of hydrogen-bond donors (Lipinski definition) is 0. The summed E-state index contributed by atoms with van der Waals surface area (Å²) in [5.74, 6) is 0. The summed E-state index contributed by atoms with van der Waals surface area (Å²) in [7, 11) is 6.65. The lowest BCUT2D eigenvalue weighted by Gasteiger charge is -2.19. The van der Waals surface area contributed by atoms with Gasteiger partial charge in [-0.15, -0.1) is 0 Å². The van der Waals surface area contributed by atoms with E-state index in [1.165, 1.54) is 4.90 Å². The van der Waals surface area contributed by atoms with Crippen LogP contribution in [0.25, 0.3) is 0 Å². The summed E-state index contributed by atoms with van der Waals surface area (Å²) in [6, 6.07) is -0.262. The number of carbonyl (C=O) groups excluding carboxylic acids is 1. The second-order valence-corrected chi connectivity index (χ2v) is 1.97. The summed E-state index contributed by atoms with van der Waals surface area (Å²) < 4.78 is 0. The predicted octanol–water partition coefficient (Wildman–Crippen LogP) is 0.713. The molecular formula is C6H13N2O2. The molecule has 0 N–H and O–H groups in total. The van der Waals surface area contributed by atoms with Crippen molar-refractivity contribution in [2.24, 2.45) is 0 Å². The molecule has 0 aliphatic heterocycles. The van der Waals surface area contributed by atoms with Crippen molar-refractivity contribution >= 4 is 6.03 Å². The van der Waals surface area contributed by atoms with Gasteiger partial charge in [0.05, 0.1) is 13.7 Å². The molecule has 0 saturated heterocycles. The van der Waals surface area contributed by atoms with Crippen LogP contribution in [0.3, 0.4) is 0 Å². The van der Waals surface area contributed by atoms with Gasteiger partial charge >= 0.3 is 6.03 Å². The van der Waals surface area contributed by atoms with E-state index in [1.807, 2.05) is 0 Å². The first-order valence-corrected chi connectivity index (χ1v) is 3.04. The van der Waals surface area contributed by atoms with Crippen LogP contribution in [-0.4, -0.2) is 36.7 Å². The number of hydroxylamine groups is 2. The maximum Gasteiger partial charge on any atom is 0.343 e. The zero-order valence-electron chi connectivity index (χ0n) is 6.63. The Hall–Kier alpha value is -0.770. The SMILES string of the molecule is [CH2]N(OCC)C(=O)N(C)C. The normalized spacial score (nSPS) is 9.20. The van der Waals surface area contributed by atoms with Gasteiger partial charge in [0.1, 0.15) is 0 Å². The molecule has 1 radical (unpaired) electrons. The topological polar surface area (TPSA) is 32.8 Å². The van der Waals surface area contributed by atoms with Crippen molar-refractivity contribution < 1.29 is 9.63 Å². The highest BCUT2D eigenvalue weighted by Gasteiger charge is 2.09. The van der Waals surface area contributed by atoms with Crippen LogP contribution in [0.4, 0.5) is 4.79 Å². The summed E-state index contributed by atoms with van der Waals surface area (Å²) >= 11 is 0. The summed E-state index contributed by atoms with van der Waals surface area (Å²) in [5, 5.41) is 0.958. The maximum absolute atomic E-state index is 10.9. The third-order valence-electron chi connectivity index (χ3n) is 0.881. The number of nitrogens with zero attached hydrogens (tertiary/aromatic N) is 2. The predicted molar refractivity (Wildman–Crippen MR) is 37.9 cm³/mol. The molecular weight excluding hydrogens is 132 g/mol. The second-order valence-electron chi connectivity index (χ2n) is 1.97. The first-order valence-electron chi connectivity index (χ1n) is 3.04. The van der Waals surface area contributed by atoms with Crippen molar-refractivity contribution in [3.05, 3.63) is 7.05 Å². The summed E-state index contributed by atoms with van der Waals surface area (Å²) in [4.78, 5) is 17.1. The number of rotatable bonds is 2. The third-order valence-corrected chi connectivity index (χ3v) is 0.881. The van der Waals surface area contributed by atoms with Crippen molar-refractivity contribution in [1.82, 2.24) is 9.96 Å². The summed E-state index contributed by atoms with van der Waals surface area (Å²) in [6.45, 7) is 2.24. The number of amides is 2. The molecule has 0 aromatic rings. The Kier molecular flexibility index (Phi) is 3.79. The van der Waals surface area contributed by atoms with Crippen LogP contribution in [-0.2, 0) is 4.84 Å². The van der Waals surface area contributed by atoms with Gasteiger partial charge in [-0.25, -0.2) is 9.86 Å². The van der Waals surface area contributed by atoms with Crippen LogP contribution in [0.5, 0.6) is 0 Å². The first-order chi connectivity index (χ1) is 4.59. The number of carbonyl (C=O) groups is 1. The average Bonchev–Trinajstić information content (AvgIpc) is 1.87. The van der Waals surface area contributed by atoms with Gasteiger partial charge in [0.25, 0.3) is 0 Å². The maximum atomic E-state index is 10.9. The van der Waals surface area contributed by atoms with Gasteiger partial charge in [0, 0.05) is 14.1 Å². The highest BCUT2D eigenvalue weighted by molar-refractivity contribution is 5.72. The van der Waals surface area contributed by atoms with E-state index in [0.29, 0.717) is 6.61 Å². The van der Waals surface area contributed by atoms with Gasteiger partial charge in [-0.2, -0.15) is 0 Å². The molecule has 0 heterocycles. The van der Waals surface area contributed by atoms with E-state index < -0.39 is 0 Å². The van der Waals surface area contributed by atoms with E-state index in [9.17, 15) is 4.79 Å². The molecule has 59 valence electrons. The van der Waals surface area contributed by atoms with E-state index in [2.05, 4.69) is 7.05 Å². The Balaban J connectivity index is 3.71. The zero-order chi connectivity index (χ0) is 8.15. The molecule has 0 unspecified atom stereocenters. The number of urea groups is 1. The van der Waals surface area contributed by atoms with Crippen LogP contribution in [0, 0.1) is 7.05 Å². The number of hydrogen-bond acceptors (Lipinski definition) is 2. The van der Waals surface area contributed by atoms with Crippen LogP contribution in [0.15, 0.2) is 0 Å². The molecule has 0 aliphatic rings. The van der Waals surface area contributed by atoms with Gasteiger partial charge in [-0.05, 0) is 6.92 Å². The van der Waals surface area contributed by atoms with Gasteiger partial charge in [-0.1, -0.05) is 0 Å². The van der Waals surface area contributed by atoms with Crippen molar-refractivity contribution in [1.29, 1.82) is 0 Å². The van der Waals surface area contributed by atoms with Gasteiger partial charge < -0.3 is 4.90 Å². The van der Waals surface area contributed by atoms with E-state index >= 15 is 0 Å². The van der Waals surface area contributed by atoms with Crippen molar-refractivity contribution in [2.45, 2.75) is 6.92 Å². The minimum Gasteiger partial charge on any atom is -0.329 e. The van der Waals surface area contributed by atoms with E-state index in [4.69, 9.17) is 4.84 Å². The van der Waals surface area contributed by atoms with E-state index in [-0.39, 0.29) is 6.03 Å². The largest absolute Gasteiger partial charge is 0.343 e. The molecule has 4 heteroatoms. The lowest BCUT2D eigenvalue weighted by Crippen LogP contribution is -2.34. The first kappa shape index (κ1) is 9.23. The fraction of sp³-hybridized carbons (Fsp3) is 0.667. The summed E-state index contributed by atoms with van der Waals surface area (Å²) in [5.41, 5.74) is 0. The molecule has 0 aromatic carbocycles. The molecule has 4 nitrogen and oxygen atoms in total. The van der Waals surface area contributed by atoms with Crippen molar-refractivity contribution in [3.63, 3.8) is 0 Å². The highest BCUT2D eigenvalue weighted by Crippen LogP contribution is 1.92. The Bertz CT molecular complexity index is 114. The molecule has 0 aliphatic carbocycles. The van der Waals surface area contributed by atoms with Crippen LogP contribution in [0.1, 0.15) is 6.92 Å². The Morgan fingerprint density at radius 3 is 2.40 bits per heavy atom. The quantitative estimate of drug-likeness (QED) is 0.536. The molecule has 0 saturated carbocycles. The van der Waals surface area contributed by atoms with Crippen LogP contribution >= 0.6 is 0 Å². The van der Waals surface area contributed by atoms with Gasteiger partial charge in [0.15, 0.2) is 0 Å². The minimum absolute atomic E-state index is 0.262. The van der Waals surface area contributed by atoms with E-state index in [1.54, 1.807) is 21.0 Å². The van der Waals surface area contributed by atoms with Crippen molar-refractivity contribution in [2.75, 3.05) is 20.7 Å². The highest BCUT2D eigenvalue weighted by atomic mass is 16.7. The van der Waals surface area contributed by atoms with Crippen LogP contribution in [0.2, 0.25) is 0 Å². The van der Waals surface area contributed by atoms with E-state index in [0.717, 1.165) is 5.06 Å². The van der Waals surface area contributed by atoms with Crippen LogP contribution < -0.4 is 0 Å². The molecule has 0 aromatic heterocycles. The van der Waals surface area contributed by atoms with Gasteiger partial charge in [0.2, 0.25) is 0 Å². The Labute approximate surface area is 61.3 Å². The molecule has 10 heavy (non-hydrogen) atoms. The zero-order valence-corrected chi connectivity index (χ0v) is 6.63. The molecule has 0 fully saturated rings. The second kappa shape index (κ2) is 4.11. The lowest BCUT2D eigenvalue weighted by molar-refractivity contribution is -0.0842. The third kappa shape index (κ3) is 2.68. The monoisotopic (exact) mass is 145 g/mol. The smallest absolute Gasteiger partial charge is 0.329 e. The fourth-order valence-electron chi connectivity index (χ4n) is 0.434. The average molecular weight is 145 g/mol. The molecule has 0 rings (SSSR count). The van der Waals surface area contributed by atoms with Gasteiger partial charge in [-0.3, -0.25) is 4.84 Å². The lowest BCUT2D eigenvalue weighted by atomic mass is 10.8. The molecule has 0 atom stereocenters.